The molecule has 0 N–H and O–H groups in total. The van der Waals surface area contributed by atoms with Gasteiger partial charge in [-0.05, 0) is 12.5 Å². The summed E-state index contributed by atoms with van der Waals surface area (Å²) in [6.07, 6.45) is 8.04. The second-order valence-corrected chi connectivity index (χ2v) is 7.08. The fourth-order valence-electron chi connectivity index (χ4n) is 2.40. The molecule has 2 atom stereocenters. The summed E-state index contributed by atoms with van der Waals surface area (Å²) in [5.74, 6) is -0.614. The van der Waals surface area contributed by atoms with Gasteiger partial charge in [0.2, 0.25) is 0 Å². The third kappa shape index (κ3) is 5.22. The van der Waals surface area contributed by atoms with Gasteiger partial charge in [0.25, 0.3) is 0 Å². The highest BCUT2D eigenvalue weighted by atomic mass is 16.6. The number of rotatable bonds is 7. The Hall–Kier alpha value is -1.58. The van der Waals surface area contributed by atoms with Crippen molar-refractivity contribution in [3.63, 3.8) is 0 Å². The van der Waals surface area contributed by atoms with E-state index in [9.17, 15) is 9.59 Å². The number of unbranched alkanes of at least 4 members (excludes halogenated alkanes) is 1. The van der Waals surface area contributed by atoms with Gasteiger partial charge in [-0.25, -0.2) is 0 Å². The molecule has 2 unspecified atom stereocenters. The SMILES string of the molecule is CCCCC1(C)C=CC=C(OC(=O)C(C)C)C1OC(=O)C(C)C. The third-order valence-corrected chi connectivity index (χ3v) is 4.06. The molecule has 0 spiro atoms. The molecule has 0 radical (unpaired) electrons. The Balaban J connectivity index is 3.05. The molecule has 130 valence electrons. The van der Waals surface area contributed by atoms with Crippen LogP contribution in [0.1, 0.15) is 60.8 Å². The lowest BCUT2D eigenvalue weighted by Gasteiger charge is -2.37. The molecular weight excluding hydrogens is 292 g/mol. The molecular formula is C19H30O4. The summed E-state index contributed by atoms with van der Waals surface area (Å²) in [5, 5.41) is 0. The van der Waals surface area contributed by atoms with Crippen LogP contribution in [-0.4, -0.2) is 18.0 Å². The number of carbonyl (C=O) groups is 2. The van der Waals surface area contributed by atoms with Gasteiger partial charge in [-0.3, -0.25) is 9.59 Å². The van der Waals surface area contributed by atoms with Crippen LogP contribution in [0.15, 0.2) is 24.0 Å². The maximum absolute atomic E-state index is 12.1. The number of carbonyl (C=O) groups excluding carboxylic acids is 2. The first-order chi connectivity index (χ1) is 10.7. The molecule has 0 amide bonds. The molecule has 0 aromatic rings. The van der Waals surface area contributed by atoms with Crippen LogP contribution >= 0.6 is 0 Å². The fourth-order valence-corrected chi connectivity index (χ4v) is 2.40. The quantitative estimate of drug-likeness (QED) is 0.652. The number of allylic oxidation sites excluding steroid dienone is 2. The molecule has 1 aliphatic rings. The van der Waals surface area contributed by atoms with Gasteiger partial charge in [-0.2, -0.15) is 0 Å². The lowest BCUT2D eigenvalue weighted by Crippen LogP contribution is -2.40. The van der Waals surface area contributed by atoms with Crippen LogP contribution in [0.4, 0.5) is 0 Å². The zero-order valence-corrected chi connectivity index (χ0v) is 15.2. The maximum Gasteiger partial charge on any atom is 0.313 e. The van der Waals surface area contributed by atoms with Crippen molar-refractivity contribution in [3.05, 3.63) is 24.0 Å². The Kier molecular flexibility index (Phi) is 7.04. The van der Waals surface area contributed by atoms with E-state index in [1.54, 1.807) is 33.8 Å². The van der Waals surface area contributed by atoms with Crippen molar-refractivity contribution in [2.75, 3.05) is 0 Å². The van der Waals surface area contributed by atoms with E-state index in [0.717, 1.165) is 19.3 Å². The first kappa shape index (κ1) is 19.5. The molecule has 0 aromatic heterocycles. The molecule has 4 nitrogen and oxygen atoms in total. The lowest BCUT2D eigenvalue weighted by molar-refractivity contribution is -0.162. The van der Waals surface area contributed by atoms with Crippen molar-refractivity contribution < 1.29 is 19.1 Å². The minimum absolute atomic E-state index is 0.224. The van der Waals surface area contributed by atoms with Gasteiger partial charge in [0.05, 0.1) is 11.8 Å². The van der Waals surface area contributed by atoms with Gasteiger partial charge in [0.1, 0.15) is 5.76 Å². The molecule has 0 saturated heterocycles. The summed E-state index contributed by atoms with van der Waals surface area (Å²) in [7, 11) is 0. The number of ether oxygens (including phenoxy) is 2. The molecule has 0 aliphatic heterocycles. The topological polar surface area (TPSA) is 52.6 Å². The van der Waals surface area contributed by atoms with Crippen LogP contribution in [0, 0.1) is 17.3 Å². The summed E-state index contributed by atoms with van der Waals surface area (Å²) in [4.78, 5) is 24.1. The van der Waals surface area contributed by atoms with E-state index < -0.39 is 6.10 Å². The minimum atomic E-state index is -0.559. The van der Waals surface area contributed by atoms with Crippen molar-refractivity contribution in [3.8, 4) is 0 Å². The zero-order valence-electron chi connectivity index (χ0n) is 15.2. The van der Waals surface area contributed by atoms with E-state index in [-0.39, 0.29) is 29.2 Å². The van der Waals surface area contributed by atoms with Crippen LogP contribution in [0.2, 0.25) is 0 Å². The Morgan fingerprint density at radius 1 is 1.17 bits per heavy atom. The van der Waals surface area contributed by atoms with E-state index in [4.69, 9.17) is 9.47 Å². The van der Waals surface area contributed by atoms with Crippen LogP contribution in [0.5, 0.6) is 0 Å². The number of esters is 2. The van der Waals surface area contributed by atoms with Crippen molar-refractivity contribution in [2.45, 2.75) is 66.9 Å². The summed E-state index contributed by atoms with van der Waals surface area (Å²) < 4.78 is 11.2. The molecule has 0 aromatic carbocycles. The number of hydrogen-bond donors (Lipinski definition) is 0. The van der Waals surface area contributed by atoms with Crippen molar-refractivity contribution in [2.24, 2.45) is 17.3 Å². The van der Waals surface area contributed by atoms with Gasteiger partial charge < -0.3 is 9.47 Å². The Morgan fingerprint density at radius 2 is 1.78 bits per heavy atom. The third-order valence-electron chi connectivity index (χ3n) is 4.06. The van der Waals surface area contributed by atoms with Gasteiger partial charge in [-0.1, -0.05) is 66.5 Å². The Bertz CT molecular complexity index is 488. The normalized spacial score (nSPS) is 23.8. The van der Waals surface area contributed by atoms with E-state index in [1.807, 2.05) is 19.1 Å². The smallest absolute Gasteiger partial charge is 0.313 e. The fraction of sp³-hybridized carbons (Fsp3) is 0.684. The second-order valence-electron chi connectivity index (χ2n) is 7.08. The molecule has 0 bridgehead atoms. The van der Waals surface area contributed by atoms with Crippen molar-refractivity contribution >= 4 is 11.9 Å². The lowest BCUT2D eigenvalue weighted by atomic mass is 9.76. The molecule has 0 fully saturated rings. The summed E-state index contributed by atoms with van der Waals surface area (Å²) in [6, 6.07) is 0. The summed E-state index contributed by atoms with van der Waals surface area (Å²) in [5.41, 5.74) is -0.359. The van der Waals surface area contributed by atoms with Crippen LogP contribution in [0.3, 0.4) is 0 Å². The summed E-state index contributed by atoms with van der Waals surface area (Å²) in [6.45, 7) is 11.3. The molecule has 1 aliphatic carbocycles. The molecule has 23 heavy (non-hydrogen) atoms. The minimum Gasteiger partial charge on any atom is -0.453 e. The monoisotopic (exact) mass is 322 g/mol. The van der Waals surface area contributed by atoms with Crippen molar-refractivity contribution in [1.82, 2.24) is 0 Å². The predicted octanol–water partition coefficient (Wildman–Crippen LogP) is 4.40. The van der Waals surface area contributed by atoms with E-state index >= 15 is 0 Å². The van der Waals surface area contributed by atoms with Crippen LogP contribution in [0.25, 0.3) is 0 Å². The molecule has 4 heteroatoms. The first-order valence-corrected chi connectivity index (χ1v) is 8.53. The highest BCUT2D eigenvalue weighted by Crippen LogP contribution is 2.39. The average Bonchev–Trinajstić information content (AvgIpc) is 2.48. The van der Waals surface area contributed by atoms with Crippen LogP contribution in [-0.2, 0) is 19.1 Å². The Labute approximate surface area is 139 Å². The second kappa shape index (κ2) is 8.32. The standard InChI is InChI=1S/C19H30O4/c1-7-8-11-19(6)12-9-10-15(22-17(20)13(2)3)16(19)23-18(21)14(4)5/h9-10,12-14,16H,7-8,11H2,1-6H3. The van der Waals surface area contributed by atoms with E-state index in [2.05, 4.69) is 6.92 Å². The highest BCUT2D eigenvalue weighted by molar-refractivity contribution is 5.74. The van der Waals surface area contributed by atoms with Gasteiger partial charge >= 0.3 is 11.9 Å². The maximum atomic E-state index is 12.1. The van der Waals surface area contributed by atoms with E-state index in [0.29, 0.717) is 5.76 Å². The Morgan fingerprint density at radius 3 is 2.30 bits per heavy atom. The van der Waals surface area contributed by atoms with Crippen molar-refractivity contribution in [1.29, 1.82) is 0 Å². The highest BCUT2D eigenvalue weighted by Gasteiger charge is 2.41. The zero-order chi connectivity index (χ0) is 17.6. The number of hydrogen-bond acceptors (Lipinski definition) is 4. The van der Waals surface area contributed by atoms with Gasteiger partial charge in [-0.15, -0.1) is 0 Å². The predicted molar refractivity (Wildman–Crippen MR) is 90.5 cm³/mol. The largest absolute Gasteiger partial charge is 0.453 e. The van der Waals surface area contributed by atoms with E-state index in [1.165, 1.54) is 0 Å². The summed E-state index contributed by atoms with van der Waals surface area (Å²) >= 11 is 0. The molecule has 0 saturated carbocycles. The van der Waals surface area contributed by atoms with Crippen LogP contribution < -0.4 is 0 Å². The molecule has 1 rings (SSSR count). The molecule has 0 heterocycles. The van der Waals surface area contributed by atoms with Gasteiger partial charge in [0.15, 0.2) is 6.10 Å². The van der Waals surface area contributed by atoms with Gasteiger partial charge in [0, 0.05) is 5.41 Å². The average molecular weight is 322 g/mol. The first-order valence-electron chi connectivity index (χ1n) is 8.53.